The summed E-state index contributed by atoms with van der Waals surface area (Å²) in [6, 6.07) is 0. The molecular weight excluding hydrogens is 170 g/mol. The molecule has 1 amide bonds. The second kappa shape index (κ2) is 7.86. The summed E-state index contributed by atoms with van der Waals surface area (Å²) in [5.74, 6) is 0. The van der Waals surface area contributed by atoms with Gasteiger partial charge in [-0.1, -0.05) is 26.2 Å². The first-order valence-corrected chi connectivity index (χ1v) is 4.81. The number of hydrogen-bond acceptors (Lipinski definition) is 2. The molecule has 0 aromatic carbocycles. The molecule has 0 aliphatic rings. The number of carbonyl (C=O) groups is 1. The lowest BCUT2D eigenvalue weighted by Crippen LogP contribution is -2.33. The lowest BCUT2D eigenvalue weighted by Gasteiger charge is -2.17. The second-order valence-corrected chi connectivity index (χ2v) is 3.05. The van der Waals surface area contributed by atoms with Gasteiger partial charge in [-0.3, -0.25) is 0 Å². The normalized spacial score (nSPS) is 10.0. The number of amides is 1. The smallest absolute Gasteiger partial charge is 0.407 e. The van der Waals surface area contributed by atoms with Crippen molar-refractivity contribution >= 4 is 6.09 Å². The molecule has 0 saturated heterocycles. The van der Waals surface area contributed by atoms with Crippen LogP contribution >= 0.6 is 0 Å². The molecule has 78 valence electrons. The molecule has 0 radical (unpaired) electrons. The van der Waals surface area contributed by atoms with Crippen LogP contribution in [0.15, 0.2) is 0 Å². The van der Waals surface area contributed by atoms with E-state index in [9.17, 15) is 4.79 Å². The number of aliphatic hydroxyl groups excluding tert-OH is 1. The van der Waals surface area contributed by atoms with Gasteiger partial charge in [0.1, 0.15) is 0 Å². The number of nitrogens with zero attached hydrogens (tertiary/aromatic N) is 1. The molecule has 0 rings (SSSR count). The molecular formula is C9H19NO3. The first-order valence-electron chi connectivity index (χ1n) is 4.81. The van der Waals surface area contributed by atoms with Gasteiger partial charge in [-0.2, -0.15) is 0 Å². The molecule has 2 N–H and O–H groups in total. The quantitative estimate of drug-likeness (QED) is 0.597. The monoisotopic (exact) mass is 189 g/mol. The van der Waals surface area contributed by atoms with Gasteiger partial charge in [0.05, 0.1) is 6.61 Å². The minimum absolute atomic E-state index is 0.0971. The summed E-state index contributed by atoms with van der Waals surface area (Å²) >= 11 is 0. The average Bonchev–Trinajstić information content (AvgIpc) is 2.10. The lowest BCUT2D eigenvalue weighted by molar-refractivity contribution is 0.131. The lowest BCUT2D eigenvalue weighted by atomic mass is 10.2. The zero-order chi connectivity index (χ0) is 10.1. The Morgan fingerprint density at radius 1 is 1.23 bits per heavy atom. The summed E-state index contributed by atoms with van der Waals surface area (Å²) in [6.07, 6.45) is 3.30. The van der Waals surface area contributed by atoms with Crippen molar-refractivity contribution in [2.24, 2.45) is 0 Å². The highest BCUT2D eigenvalue weighted by atomic mass is 16.4. The number of rotatable bonds is 7. The zero-order valence-electron chi connectivity index (χ0n) is 8.20. The molecule has 0 unspecified atom stereocenters. The van der Waals surface area contributed by atoms with Crippen molar-refractivity contribution in [2.45, 2.75) is 32.6 Å². The van der Waals surface area contributed by atoms with Gasteiger partial charge in [0, 0.05) is 13.1 Å². The van der Waals surface area contributed by atoms with Crippen molar-refractivity contribution < 1.29 is 15.0 Å². The third-order valence-electron chi connectivity index (χ3n) is 1.92. The van der Waals surface area contributed by atoms with Gasteiger partial charge in [-0.05, 0) is 6.42 Å². The van der Waals surface area contributed by atoms with Crippen molar-refractivity contribution in [1.82, 2.24) is 4.90 Å². The van der Waals surface area contributed by atoms with Crippen LogP contribution in [-0.2, 0) is 0 Å². The van der Waals surface area contributed by atoms with Crippen LogP contribution in [0.3, 0.4) is 0 Å². The van der Waals surface area contributed by atoms with Crippen molar-refractivity contribution in [1.29, 1.82) is 0 Å². The fourth-order valence-corrected chi connectivity index (χ4v) is 1.15. The standard InChI is InChI=1S/C9H19NO3/c1-2-3-4-5-6-10(7-8-11)9(12)13/h11H,2-8H2,1H3,(H,12,13). The third kappa shape index (κ3) is 6.40. The van der Waals surface area contributed by atoms with Crippen LogP contribution in [0.5, 0.6) is 0 Å². The number of aliphatic hydroxyl groups is 1. The van der Waals surface area contributed by atoms with Crippen LogP contribution in [0, 0.1) is 0 Å². The van der Waals surface area contributed by atoms with Crippen LogP contribution in [0.25, 0.3) is 0 Å². The summed E-state index contributed by atoms with van der Waals surface area (Å²) < 4.78 is 0. The average molecular weight is 189 g/mol. The Morgan fingerprint density at radius 2 is 1.92 bits per heavy atom. The fraction of sp³-hybridized carbons (Fsp3) is 0.889. The Bertz CT molecular complexity index is 139. The van der Waals surface area contributed by atoms with Gasteiger partial charge >= 0.3 is 6.09 Å². The Balaban J connectivity index is 3.51. The number of unbranched alkanes of at least 4 members (excludes halogenated alkanes) is 3. The molecule has 0 aliphatic heterocycles. The van der Waals surface area contributed by atoms with Gasteiger partial charge in [0.2, 0.25) is 0 Å². The summed E-state index contributed by atoms with van der Waals surface area (Å²) in [7, 11) is 0. The highest BCUT2D eigenvalue weighted by molar-refractivity contribution is 5.64. The number of hydrogen-bond donors (Lipinski definition) is 2. The molecule has 0 heterocycles. The maximum absolute atomic E-state index is 10.6. The first-order chi connectivity index (χ1) is 6.22. The van der Waals surface area contributed by atoms with E-state index in [0.717, 1.165) is 25.7 Å². The van der Waals surface area contributed by atoms with Gasteiger partial charge in [-0.15, -0.1) is 0 Å². The zero-order valence-corrected chi connectivity index (χ0v) is 8.20. The van der Waals surface area contributed by atoms with Gasteiger partial charge in [0.25, 0.3) is 0 Å². The topological polar surface area (TPSA) is 60.8 Å². The largest absolute Gasteiger partial charge is 0.465 e. The molecule has 0 atom stereocenters. The van der Waals surface area contributed by atoms with Crippen molar-refractivity contribution in [3.63, 3.8) is 0 Å². The van der Waals surface area contributed by atoms with E-state index < -0.39 is 6.09 Å². The Kier molecular flexibility index (Phi) is 7.39. The molecule has 4 nitrogen and oxygen atoms in total. The fourth-order valence-electron chi connectivity index (χ4n) is 1.15. The maximum Gasteiger partial charge on any atom is 0.407 e. The first kappa shape index (κ1) is 12.2. The minimum atomic E-state index is -0.939. The molecule has 0 aliphatic carbocycles. The second-order valence-electron chi connectivity index (χ2n) is 3.05. The summed E-state index contributed by atoms with van der Waals surface area (Å²) in [5.41, 5.74) is 0. The highest BCUT2D eigenvalue weighted by Gasteiger charge is 2.09. The van der Waals surface area contributed by atoms with E-state index in [-0.39, 0.29) is 13.2 Å². The van der Waals surface area contributed by atoms with Crippen LogP contribution in [0.4, 0.5) is 4.79 Å². The van der Waals surface area contributed by atoms with Crippen molar-refractivity contribution in [3.05, 3.63) is 0 Å². The maximum atomic E-state index is 10.6. The van der Waals surface area contributed by atoms with E-state index in [4.69, 9.17) is 10.2 Å². The van der Waals surface area contributed by atoms with E-state index >= 15 is 0 Å². The van der Waals surface area contributed by atoms with Crippen molar-refractivity contribution in [3.8, 4) is 0 Å². The van der Waals surface area contributed by atoms with Gasteiger partial charge in [-0.25, -0.2) is 4.79 Å². The van der Waals surface area contributed by atoms with E-state index in [1.807, 2.05) is 0 Å². The van der Waals surface area contributed by atoms with Crippen molar-refractivity contribution in [2.75, 3.05) is 19.7 Å². The molecule has 0 fully saturated rings. The summed E-state index contributed by atoms with van der Waals surface area (Å²) in [6.45, 7) is 2.78. The van der Waals surface area contributed by atoms with E-state index in [2.05, 4.69) is 6.92 Å². The SMILES string of the molecule is CCCCCCN(CCO)C(=O)O. The summed E-state index contributed by atoms with van der Waals surface area (Å²) in [4.78, 5) is 11.8. The predicted octanol–water partition coefficient (Wildman–Crippen LogP) is 1.54. The van der Waals surface area contributed by atoms with Crippen LogP contribution in [0.2, 0.25) is 0 Å². The molecule has 0 aromatic heterocycles. The molecule has 0 saturated carbocycles. The Hall–Kier alpha value is -0.770. The van der Waals surface area contributed by atoms with Gasteiger partial charge < -0.3 is 15.1 Å². The third-order valence-corrected chi connectivity index (χ3v) is 1.92. The molecule has 0 spiro atoms. The van der Waals surface area contributed by atoms with E-state index in [1.54, 1.807) is 0 Å². The molecule has 0 bridgehead atoms. The van der Waals surface area contributed by atoms with E-state index in [0.29, 0.717) is 6.54 Å². The highest BCUT2D eigenvalue weighted by Crippen LogP contribution is 2.01. The predicted molar refractivity (Wildman–Crippen MR) is 50.8 cm³/mol. The van der Waals surface area contributed by atoms with E-state index in [1.165, 1.54) is 4.90 Å². The molecule has 4 heteroatoms. The molecule has 0 aromatic rings. The van der Waals surface area contributed by atoms with Crippen LogP contribution in [-0.4, -0.2) is 40.9 Å². The van der Waals surface area contributed by atoms with Gasteiger partial charge in [0.15, 0.2) is 0 Å². The molecule has 13 heavy (non-hydrogen) atoms. The summed E-state index contributed by atoms with van der Waals surface area (Å²) in [5, 5.41) is 17.3. The van der Waals surface area contributed by atoms with Crippen LogP contribution < -0.4 is 0 Å². The van der Waals surface area contributed by atoms with Crippen LogP contribution in [0.1, 0.15) is 32.6 Å². The Labute approximate surface area is 79.2 Å². The minimum Gasteiger partial charge on any atom is -0.465 e. The number of carboxylic acid groups (broad SMARTS) is 1. The Morgan fingerprint density at radius 3 is 2.38 bits per heavy atom.